The van der Waals surface area contributed by atoms with Crippen LogP contribution in [0, 0.1) is 0 Å². The molecule has 2 fully saturated rings. The van der Waals surface area contributed by atoms with E-state index in [0.717, 1.165) is 11.2 Å². The van der Waals surface area contributed by atoms with Crippen molar-refractivity contribution < 1.29 is 4.79 Å². The van der Waals surface area contributed by atoms with E-state index in [4.69, 9.17) is 0 Å². The highest BCUT2D eigenvalue weighted by Crippen LogP contribution is 2.27. The highest BCUT2D eigenvalue weighted by Gasteiger charge is 2.26. The molecule has 2 aliphatic rings. The topological polar surface area (TPSA) is 56.7 Å². The highest BCUT2D eigenvalue weighted by molar-refractivity contribution is 7.99. The maximum absolute atomic E-state index is 11.7. The molecule has 120 valence electrons. The number of nitrogens with one attached hydrogen (secondary N) is 2. The monoisotopic (exact) mass is 312 g/mol. The molecule has 0 aliphatic heterocycles. The Morgan fingerprint density at radius 3 is 2.52 bits per heavy atom. The van der Waals surface area contributed by atoms with Crippen LogP contribution in [0.3, 0.4) is 0 Å². The molecule has 0 aromatic carbocycles. The first-order valence-electron chi connectivity index (χ1n) is 7.89. The molecule has 2 saturated carbocycles. The Bertz CT molecular complexity index is 382. The molecule has 5 nitrogen and oxygen atoms in total. The average molecular weight is 312 g/mol. The van der Waals surface area contributed by atoms with Crippen LogP contribution < -0.4 is 10.6 Å². The molecule has 2 atom stereocenters. The largest absolute Gasteiger partial charge is 0.354 e. The summed E-state index contributed by atoms with van der Waals surface area (Å²) in [6.07, 6.45) is 9.59. The molecular weight excluding hydrogens is 284 g/mol. The van der Waals surface area contributed by atoms with Gasteiger partial charge in [0.1, 0.15) is 6.54 Å². The van der Waals surface area contributed by atoms with Crippen molar-refractivity contribution in [3.8, 4) is 0 Å². The number of carbonyl (C=O) groups is 1. The minimum Gasteiger partial charge on any atom is -0.354 e. The van der Waals surface area contributed by atoms with Gasteiger partial charge in [-0.15, -0.1) is 0 Å². The third kappa shape index (κ3) is 5.77. The maximum Gasteiger partial charge on any atom is 0.243 e. The third-order valence-corrected chi connectivity index (χ3v) is 5.18. The van der Waals surface area contributed by atoms with Gasteiger partial charge in [-0.2, -0.15) is 11.8 Å². The van der Waals surface area contributed by atoms with Gasteiger partial charge in [-0.3, -0.25) is 4.79 Å². The van der Waals surface area contributed by atoms with Gasteiger partial charge in [0.05, 0.1) is 0 Å². The maximum atomic E-state index is 11.7. The second-order valence-electron chi connectivity index (χ2n) is 6.24. The van der Waals surface area contributed by atoms with Gasteiger partial charge in [0.25, 0.3) is 0 Å². The molecule has 21 heavy (non-hydrogen) atoms. The molecule has 2 rings (SSSR count). The Balaban J connectivity index is 1.88. The number of amides is 1. The standard InChI is InChI=1S/C15H28N4OS/c1-19(2)14(20)10-16-15(17-11-7-8-11)18-12-5-4-6-13(9-12)21-3/h11-13H,4-10H2,1-3H3,(H2,16,17,18). The molecule has 0 aromatic heterocycles. The molecule has 0 saturated heterocycles. The van der Waals surface area contributed by atoms with E-state index in [1.165, 1.54) is 38.5 Å². The Labute approximate surface area is 132 Å². The molecule has 2 aliphatic carbocycles. The lowest BCUT2D eigenvalue weighted by Gasteiger charge is -2.30. The smallest absolute Gasteiger partial charge is 0.243 e. The predicted molar refractivity (Wildman–Crippen MR) is 89.8 cm³/mol. The lowest BCUT2D eigenvalue weighted by molar-refractivity contribution is -0.127. The zero-order valence-corrected chi connectivity index (χ0v) is 14.2. The van der Waals surface area contributed by atoms with Crippen molar-refractivity contribution in [2.75, 3.05) is 26.9 Å². The normalized spacial score (nSPS) is 26.3. The highest BCUT2D eigenvalue weighted by atomic mass is 32.2. The number of aliphatic imine (C=N–C) groups is 1. The lowest BCUT2D eigenvalue weighted by atomic mass is 9.95. The van der Waals surface area contributed by atoms with Crippen LogP contribution in [-0.2, 0) is 4.79 Å². The zero-order chi connectivity index (χ0) is 15.2. The number of hydrogen-bond acceptors (Lipinski definition) is 3. The zero-order valence-electron chi connectivity index (χ0n) is 13.4. The Morgan fingerprint density at radius 2 is 1.90 bits per heavy atom. The summed E-state index contributed by atoms with van der Waals surface area (Å²) in [5.74, 6) is 0.858. The number of hydrogen-bond donors (Lipinski definition) is 2. The van der Waals surface area contributed by atoms with Gasteiger partial charge in [-0.25, -0.2) is 4.99 Å². The molecule has 0 heterocycles. The van der Waals surface area contributed by atoms with Crippen LogP contribution in [0.1, 0.15) is 38.5 Å². The molecule has 0 aromatic rings. The fourth-order valence-electron chi connectivity index (χ4n) is 2.53. The summed E-state index contributed by atoms with van der Waals surface area (Å²) in [6.45, 7) is 0.216. The first kappa shape index (κ1) is 16.5. The summed E-state index contributed by atoms with van der Waals surface area (Å²) in [5.41, 5.74) is 0. The minimum atomic E-state index is 0.0394. The first-order chi connectivity index (χ1) is 10.1. The number of likely N-dealkylation sites (N-methyl/N-ethyl adjacent to an activating group) is 1. The number of carbonyl (C=O) groups excluding carboxylic acids is 1. The Morgan fingerprint density at radius 1 is 1.19 bits per heavy atom. The van der Waals surface area contributed by atoms with E-state index in [0.29, 0.717) is 12.1 Å². The summed E-state index contributed by atoms with van der Waals surface area (Å²) < 4.78 is 0. The van der Waals surface area contributed by atoms with Crippen molar-refractivity contribution in [3.63, 3.8) is 0 Å². The van der Waals surface area contributed by atoms with E-state index in [9.17, 15) is 4.79 Å². The van der Waals surface area contributed by atoms with Crippen molar-refractivity contribution in [1.29, 1.82) is 0 Å². The fourth-order valence-corrected chi connectivity index (χ4v) is 3.35. The summed E-state index contributed by atoms with van der Waals surface area (Å²) in [6, 6.07) is 1.03. The lowest BCUT2D eigenvalue weighted by Crippen LogP contribution is -2.46. The van der Waals surface area contributed by atoms with Crippen LogP contribution in [0.5, 0.6) is 0 Å². The first-order valence-corrected chi connectivity index (χ1v) is 9.17. The molecular formula is C15H28N4OS. The van der Waals surface area contributed by atoms with Crippen LogP contribution in [0.4, 0.5) is 0 Å². The quantitative estimate of drug-likeness (QED) is 0.596. The number of nitrogens with zero attached hydrogens (tertiary/aromatic N) is 2. The molecule has 6 heteroatoms. The van der Waals surface area contributed by atoms with Gasteiger partial charge in [-0.05, 0) is 38.4 Å². The Hall–Kier alpha value is -0.910. The van der Waals surface area contributed by atoms with Gasteiger partial charge in [0.2, 0.25) is 5.91 Å². The SMILES string of the molecule is CSC1CCCC(NC(=NCC(=O)N(C)C)NC2CC2)C1. The van der Waals surface area contributed by atoms with Crippen LogP contribution in [0.25, 0.3) is 0 Å². The van der Waals surface area contributed by atoms with E-state index in [1.54, 1.807) is 19.0 Å². The molecule has 2 unspecified atom stereocenters. The van der Waals surface area contributed by atoms with Crippen LogP contribution in [0.2, 0.25) is 0 Å². The van der Waals surface area contributed by atoms with Crippen molar-refractivity contribution in [1.82, 2.24) is 15.5 Å². The van der Waals surface area contributed by atoms with E-state index < -0.39 is 0 Å². The second-order valence-corrected chi connectivity index (χ2v) is 7.38. The summed E-state index contributed by atoms with van der Waals surface area (Å²) in [4.78, 5) is 17.8. The van der Waals surface area contributed by atoms with Gasteiger partial charge in [0.15, 0.2) is 5.96 Å². The van der Waals surface area contributed by atoms with Crippen molar-refractivity contribution in [2.45, 2.75) is 55.9 Å². The van der Waals surface area contributed by atoms with E-state index in [-0.39, 0.29) is 12.5 Å². The second kappa shape index (κ2) is 7.92. The predicted octanol–water partition coefficient (Wildman–Crippen LogP) is 1.45. The van der Waals surface area contributed by atoms with E-state index in [2.05, 4.69) is 21.9 Å². The summed E-state index contributed by atoms with van der Waals surface area (Å²) in [5, 5.41) is 7.72. The molecule has 0 spiro atoms. The molecule has 2 N–H and O–H groups in total. The van der Waals surface area contributed by atoms with Gasteiger partial charge in [0, 0.05) is 31.4 Å². The number of rotatable bonds is 5. The van der Waals surface area contributed by atoms with Crippen LogP contribution >= 0.6 is 11.8 Å². The molecule has 0 bridgehead atoms. The van der Waals surface area contributed by atoms with Crippen molar-refractivity contribution >= 4 is 23.6 Å². The molecule has 1 amide bonds. The Kier molecular flexibility index (Phi) is 6.21. The summed E-state index contributed by atoms with van der Waals surface area (Å²) >= 11 is 1.96. The van der Waals surface area contributed by atoms with Gasteiger partial charge < -0.3 is 15.5 Å². The third-order valence-electron chi connectivity index (χ3n) is 4.09. The van der Waals surface area contributed by atoms with Crippen molar-refractivity contribution in [3.05, 3.63) is 0 Å². The van der Waals surface area contributed by atoms with Crippen LogP contribution in [0.15, 0.2) is 4.99 Å². The summed E-state index contributed by atoms with van der Waals surface area (Å²) in [7, 11) is 3.53. The van der Waals surface area contributed by atoms with Gasteiger partial charge >= 0.3 is 0 Å². The van der Waals surface area contributed by atoms with Crippen molar-refractivity contribution in [2.24, 2.45) is 4.99 Å². The molecule has 0 radical (unpaired) electrons. The fraction of sp³-hybridized carbons (Fsp3) is 0.867. The van der Waals surface area contributed by atoms with E-state index >= 15 is 0 Å². The number of thioether (sulfide) groups is 1. The minimum absolute atomic E-state index is 0.0394. The average Bonchev–Trinajstić information content (AvgIpc) is 3.28. The van der Waals surface area contributed by atoms with E-state index in [1.807, 2.05) is 11.8 Å². The van der Waals surface area contributed by atoms with Gasteiger partial charge in [-0.1, -0.05) is 6.42 Å². The van der Waals surface area contributed by atoms with Crippen LogP contribution in [-0.4, -0.2) is 61.0 Å². The number of guanidine groups is 1.